The lowest BCUT2D eigenvalue weighted by molar-refractivity contribution is 0.479. The van der Waals surface area contributed by atoms with Crippen LogP contribution in [0.1, 0.15) is 12.8 Å². The first kappa shape index (κ1) is 7.94. The molecule has 0 aromatic carbocycles. The van der Waals surface area contributed by atoms with Crippen LogP contribution in [0.3, 0.4) is 0 Å². The molecule has 0 spiro atoms. The second-order valence-electron chi connectivity index (χ2n) is 2.95. The summed E-state index contributed by atoms with van der Waals surface area (Å²) in [5, 5.41) is 11.6. The van der Waals surface area contributed by atoms with E-state index in [0.29, 0.717) is 6.04 Å². The molecule has 2 rings (SSSR count). The molecule has 2 N–H and O–H groups in total. The Hall–Kier alpha value is -0.680. The highest BCUT2D eigenvalue weighted by atomic mass is 32.1. The molecule has 0 bridgehead atoms. The lowest BCUT2D eigenvalue weighted by Gasteiger charge is -2.23. The molecule has 1 aromatic heterocycles. The summed E-state index contributed by atoms with van der Waals surface area (Å²) in [5.74, 6) is 0. The number of hydrogen-bond acceptors (Lipinski definition) is 5. The Labute approximate surface area is 75.5 Å². The molecule has 0 aliphatic carbocycles. The molecule has 12 heavy (non-hydrogen) atoms. The van der Waals surface area contributed by atoms with Gasteiger partial charge in [-0.15, -0.1) is 5.10 Å². The van der Waals surface area contributed by atoms with Crippen LogP contribution in [-0.4, -0.2) is 28.7 Å². The highest BCUT2D eigenvalue weighted by Gasteiger charge is 2.12. The van der Waals surface area contributed by atoms with Crippen LogP contribution in [0.4, 0.5) is 5.00 Å². The van der Waals surface area contributed by atoms with E-state index in [4.69, 9.17) is 0 Å². The zero-order chi connectivity index (χ0) is 8.23. The summed E-state index contributed by atoms with van der Waals surface area (Å²) in [6.45, 7) is 2.23. The third-order valence-corrected chi connectivity index (χ3v) is 2.64. The summed E-state index contributed by atoms with van der Waals surface area (Å²) in [7, 11) is 0. The van der Waals surface area contributed by atoms with Crippen molar-refractivity contribution in [1.29, 1.82) is 0 Å². The standard InChI is InChI=1S/C7H12N4S/c1-3-8-4-2-6(1)10-7-5-9-11-12-7/h5-6,8,10H,1-4H2. The first-order chi connectivity index (χ1) is 5.95. The van der Waals surface area contributed by atoms with Crippen LogP contribution in [0.25, 0.3) is 0 Å². The fourth-order valence-corrected chi connectivity index (χ4v) is 1.89. The summed E-state index contributed by atoms with van der Waals surface area (Å²) in [6, 6.07) is 0.605. The minimum absolute atomic E-state index is 0.605. The number of aromatic nitrogens is 2. The Bertz CT molecular complexity index is 217. The van der Waals surface area contributed by atoms with Crippen LogP contribution in [0.2, 0.25) is 0 Å². The first-order valence-corrected chi connectivity index (χ1v) is 4.97. The zero-order valence-electron chi connectivity index (χ0n) is 6.79. The Balaban J connectivity index is 1.86. The van der Waals surface area contributed by atoms with Crippen molar-refractivity contribution < 1.29 is 0 Å². The predicted octanol–water partition coefficient (Wildman–Crippen LogP) is 0.702. The molecular formula is C7H12N4S. The van der Waals surface area contributed by atoms with Crippen molar-refractivity contribution in [3.8, 4) is 0 Å². The van der Waals surface area contributed by atoms with Crippen molar-refractivity contribution >= 4 is 16.5 Å². The Morgan fingerprint density at radius 1 is 1.50 bits per heavy atom. The number of nitrogens with zero attached hydrogens (tertiary/aromatic N) is 2. The number of hydrogen-bond donors (Lipinski definition) is 2. The number of rotatable bonds is 2. The second-order valence-corrected chi connectivity index (χ2v) is 3.74. The summed E-state index contributed by atoms with van der Waals surface area (Å²) < 4.78 is 3.80. The average molecular weight is 184 g/mol. The van der Waals surface area contributed by atoms with Gasteiger partial charge in [-0.05, 0) is 25.9 Å². The van der Waals surface area contributed by atoms with E-state index < -0.39 is 0 Å². The monoisotopic (exact) mass is 184 g/mol. The molecule has 0 unspecified atom stereocenters. The molecule has 1 aliphatic rings. The van der Waals surface area contributed by atoms with Crippen molar-refractivity contribution in [1.82, 2.24) is 14.9 Å². The van der Waals surface area contributed by atoms with E-state index in [-0.39, 0.29) is 0 Å². The van der Waals surface area contributed by atoms with Gasteiger partial charge in [-0.2, -0.15) is 0 Å². The van der Waals surface area contributed by atoms with Crippen molar-refractivity contribution in [2.75, 3.05) is 18.4 Å². The van der Waals surface area contributed by atoms with Crippen LogP contribution in [0.15, 0.2) is 6.20 Å². The largest absolute Gasteiger partial charge is 0.372 e. The maximum Gasteiger partial charge on any atom is 0.130 e. The molecule has 1 aromatic rings. The van der Waals surface area contributed by atoms with Crippen LogP contribution in [0, 0.1) is 0 Å². The van der Waals surface area contributed by atoms with Crippen LogP contribution < -0.4 is 10.6 Å². The van der Waals surface area contributed by atoms with E-state index in [9.17, 15) is 0 Å². The minimum atomic E-state index is 0.605. The Morgan fingerprint density at radius 2 is 2.33 bits per heavy atom. The molecule has 1 saturated heterocycles. The molecule has 2 heterocycles. The fourth-order valence-electron chi connectivity index (χ4n) is 1.40. The molecule has 5 heteroatoms. The van der Waals surface area contributed by atoms with Gasteiger partial charge in [0.25, 0.3) is 0 Å². The van der Waals surface area contributed by atoms with Crippen molar-refractivity contribution in [3.63, 3.8) is 0 Å². The molecule has 1 fully saturated rings. The number of anilines is 1. The van der Waals surface area contributed by atoms with Gasteiger partial charge in [-0.3, -0.25) is 0 Å². The van der Waals surface area contributed by atoms with Gasteiger partial charge in [0.1, 0.15) is 5.00 Å². The zero-order valence-corrected chi connectivity index (χ0v) is 7.60. The van der Waals surface area contributed by atoms with E-state index >= 15 is 0 Å². The molecule has 66 valence electrons. The smallest absolute Gasteiger partial charge is 0.130 e. The van der Waals surface area contributed by atoms with E-state index in [1.165, 1.54) is 24.4 Å². The molecule has 0 radical (unpaired) electrons. The minimum Gasteiger partial charge on any atom is -0.372 e. The molecule has 0 amide bonds. The topological polar surface area (TPSA) is 49.8 Å². The second kappa shape index (κ2) is 3.82. The lowest BCUT2D eigenvalue weighted by atomic mass is 10.1. The third kappa shape index (κ3) is 1.92. The van der Waals surface area contributed by atoms with Gasteiger partial charge in [-0.1, -0.05) is 4.49 Å². The van der Waals surface area contributed by atoms with E-state index in [1.807, 2.05) is 0 Å². The SMILES string of the molecule is c1nnsc1NC1CCNCC1. The summed E-state index contributed by atoms with van der Waals surface area (Å²) >= 11 is 1.42. The average Bonchev–Trinajstić information content (AvgIpc) is 2.59. The van der Waals surface area contributed by atoms with Crippen molar-refractivity contribution in [3.05, 3.63) is 6.20 Å². The van der Waals surface area contributed by atoms with Crippen LogP contribution in [0.5, 0.6) is 0 Å². The van der Waals surface area contributed by atoms with E-state index in [2.05, 4.69) is 20.2 Å². The maximum absolute atomic E-state index is 3.80. The molecule has 1 aliphatic heterocycles. The number of nitrogens with one attached hydrogen (secondary N) is 2. The predicted molar refractivity (Wildman–Crippen MR) is 49.4 cm³/mol. The van der Waals surface area contributed by atoms with Gasteiger partial charge >= 0.3 is 0 Å². The summed E-state index contributed by atoms with van der Waals surface area (Å²) in [6.07, 6.45) is 4.17. The summed E-state index contributed by atoms with van der Waals surface area (Å²) in [4.78, 5) is 0. The number of piperidine rings is 1. The quantitative estimate of drug-likeness (QED) is 0.710. The summed E-state index contributed by atoms with van der Waals surface area (Å²) in [5.41, 5.74) is 0. The molecule has 4 nitrogen and oxygen atoms in total. The van der Waals surface area contributed by atoms with Gasteiger partial charge in [0.2, 0.25) is 0 Å². The molecule has 0 atom stereocenters. The normalized spacial score (nSPS) is 19.3. The first-order valence-electron chi connectivity index (χ1n) is 4.20. The highest BCUT2D eigenvalue weighted by molar-refractivity contribution is 7.09. The fraction of sp³-hybridized carbons (Fsp3) is 0.714. The van der Waals surface area contributed by atoms with Crippen molar-refractivity contribution in [2.24, 2.45) is 0 Å². The van der Waals surface area contributed by atoms with Crippen LogP contribution in [-0.2, 0) is 0 Å². The Kier molecular flexibility index (Phi) is 2.53. The van der Waals surface area contributed by atoms with Gasteiger partial charge in [0.05, 0.1) is 6.20 Å². The van der Waals surface area contributed by atoms with Gasteiger partial charge in [0, 0.05) is 17.6 Å². The highest BCUT2D eigenvalue weighted by Crippen LogP contribution is 2.14. The molecular weight excluding hydrogens is 172 g/mol. The third-order valence-electron chi connectivity index (χ3n) is 2.05. The van der Waals surface area contributed by atoms with E-state index in [0.717, 1.165) is 18.1 Å². The van der Waals surface area contributed by atoms with Gasteiger partial charge in [0.15, 0.2) is 0 Å². The molecule has 0 saturated carbocycles. The lowest BCUT2D eigenvalue weighted by Crippen LogP contribution is -2.35. The maximum atomic E-state index is 3.80. The van der Waals surface area contributed by atoms with E-state index in [1.54, 1.807) is 6.20 Å². The van der Waals surface area contributed by atoms with Gasteiger partial charge in [-0.25, -0.2) is 0 Å². The Morgan fingerprint density at radius 3 is 3.00 bits per heavy atom. The van der Waals surface area contributed by atoms with Gasteiger partial charge < -0.3 is 10.6 Å². The van der Waals surface area contributed by atoms with Crippen molar-refractivity contribution in [2.45, 2.75) is 18.9 Å². The van der Waals surface area contributed by atoms with Crippen LogP contribution >= 0.6 is 11.5 Å².